The van der Waals surface area contributed by atoms with Crippen molar-refractivity contribution in [1.82, 2.24) is 24.9 Å². The molecule has 4 heterocycles. The first kappa shape index (κ1) is 58.8. The lowest BCUT2D eigenvalue weighted by Gasteiger charge is -2.19. The van der Waals surface area contributed by atoms with Crippen LogP contribution in [0.2, 0.25) is 0 Å². The van der Waals surface area contributed by atoms with Crippen molar-refractivity contribution in [3.05, 3.63) is 136 Å². The third-order valence-electron chi connectivity index (χ3n) is 15.9. The van der Waals surface area contributed by atoms with Crippen LogP contribution in [0, 0.1) is 13.8 Å². The van der Waals surface area contributed by atoms with Crippen molar-refractivity contribution in [3.8, 4) is 67.4 Å². The van der Waals surface area contributed by atoms with Gasteiger partial charge in [-0.1, -0.05) is 223 Å². The number of rotatable bonds is 34. The number of aryl methyl sites for hydroxylation is 6. The van der Waals surface area contributed by atoms with Gasteiger partial charge in [-0.15, -0.1) is 22.7 Å². The summed E-state index contributed by atoms with van der Waals surface area (Å²) in [6.45, 7) is 13.8. The quantitative estimate of drug-likeness (QED) is 0.0376. The molecule has 0 unspecified atom stereocenters. The fourth-order valence-electron chi connectivity index (χ4n) is 11.3. The number of hydrogen-bond donors (Lipinski definition) is 0. The average molecular weight is 1080 g/mol. The Hall–Kier alpha value is -5.37. The largest absolute Gasteiger partial charge is 0.225 e. The summed E-state index contributed by atoms with van der Waals surface area (Å²) in [6, 6.07) is 38.1. The zero-order valence-electron chi connectivity index (χ0n) is 48.7. The lowest BCUT2D eigenvalue weighted by atomic mass is 9.88. The maximum Gasteiger partial charge on any atom is 0.201 e. The zero-order chi connectivity index (χ0) is 54.3. The highest BCUT2D eigenvalue weighted by molar-refractivity contribution is 7.29. The molecule has 412 valence electrons. The number of aromatic nitrogens is 5. The van der Waals surface area contributed by atoms with E-state index in [1.807, 2.05) is 34.8 Å². The Labute approximate surface area is 478 Å². The molecular formula is C71H91N5S2. The van der Waals surface area contributed by atoms with Gasteiger partial charge in [0, 0.05) is 41.4 Å². The van der Waals surface area contributed by atoms with E-state index in [0.29, 0.717) is 23.3 Å². The SMILES string of the molecule is CCCCCCCCc1cc(-c2cc(-c3cc(CCCCCCCC)c(-c4cc5sc(C)cc5s4)cc3CCCCCCCC)nc(-c3nc(-c4ccccc4)nc(-c4ccccc4)n3)n2)c(CCCCCCCC)cc1C. The lowest BCUT2D eigenvalue weighted by molar-refractivity contribution is 0.605. The van der Waals surface area contributed by atoms with Gasteiger partial charge in [-0.05, 0) is 135 Å². The second kappa shape index (κ2) is 31.4. The van der Waals surface area contributed by atoms with E-state index in [0.717, 1.165) is 61.0 Å². The van der Waals surface area contributed by atoms with Crippen LogP contribution < -0.4 is 0 Å². The third-order valence-corrected chi connectivity index (χ3v) is 18.1. The summed E-state index contributed by atoms with van der Waals surface area (Å²) in [5.74, 6) is 2.29. The Morgan fingerprint density at radius 2 is 0.692 bits per heavy atom. The molecule has 0 radical (unpaired) electrons. The van der Waals surface area contributed by atoms with E-state index >= 15 is 0 Å². The van der Waals surface area contributed by atoms with Gasteiger partial charge < -0.3 is 0 Å². The number of nitrogens with zero attached hydrogens (tertiary/aromatic N) is 5. The molecule has 8 rings (SSSR count). The summed E-state index contributed by atoms with van der Waals surface area (Å²) in [5, 5.41) is 0. The highest BCUT2D eigenvalue weighted by Crippen LogP contribution is 2.43. The molecule has 0 spiro atoms. The van der Waals surface area contributed by atoms with Crippen LogP contribution in [-0.4, -0.2) is 24.9 Å². The summed E-state index contributed by atoms with van der Waals surface area (Å²) in [5.41, 5.74) is 14.7. The van der Waals surface area contributed by atoms with Crippen LogP contribution in [-0.2, 0) is 25.7 Å². The maximum absolute atomic E-state index is 5.71. The van der Waals surface area contributed by atoms with E-state index in [4.69, 9.17) is 24.9 Å². The number of unbranched alkanes of at least 4 members (excludes halogenated alkanes) is 20. The maximum atomic E-state index is 5.71. The van der Waals surface area contributed by atoms with E-state index in [-0.39, 0.29) is 0 Å². The van der Waals surface area contributed by atoms with Crippen LogP contribution in [0.5, 0.6) is 0 Å². The van der Waals surface area contributed by atoms with E-state index in [1.165, 1.54) is 205 Å². The van der Waals surface area contributed by atoms with Crippen molar-refractivity contribution in [2.75, 3.05) is 0 Å². The standard InChI is InChI=1S/C71H91N5S2/c1-7-11-15-19-23-29-41-56-47-60(57(45-52(56)5)42-30-24-20-16-12-8-2)63-50-64(73-70(72-63)71-75-68(54-37-33-27-34-38-54)74-69(76-71)55-39-35-28-36-40-55)61-48-59(44-32-26-22-18-14-10-4)62(49-58(61)43-31-25-21-17-13-9-3)65-51-67-66(78-65)46-53(6)77-67/h27-28,33-40,45-51H,7-26,29-32,41-44H2,1-6H3. The van der Waals surface area contributed by atoms with Gasteiger partial charge in [-0.3, -0.25) is 0 Å². The molecule has 0 saturated carbocycles. The Kier molecular flexibility index (Phi) is 23.7. The molecule has 5 nitrogen and oxygen atoms in total. The number of benzene rings is 4. The summed E-state index contributed by atoms with van der Waals surface area (Å²) in [4.78, 5) is 29.9. The van der Waals surface area contributed by atoms with Gasteiger partial charge in [-0.25, -0.2) is 24.9 Å². The fraction of sp³-hybridized carbons (Fsp3) is 0.479. The molecule has 4 aromatic heterocycles. The van der Waals surface area contributed by atoms with E-state index in [1.54, 1.807) is 0 Å². The molecule has 4 aromatic carbocycles. The Morgan fingerprint density at radius 3 is 1.17 bits per heavy atom. The van der Waals surface area contributed by atoms with Gasteiger partial charge in [0.25, 0.3) is 0 Å². The van der Waals surface area contributed by atoms with Gasteiger partial charge in [-0.2, -0.15) is 0 Å². The Balaban J connectivity index is 1.34. The Morgan fingerprint density at radius 1 is 0.321 bits per heavy atom. The minimum Gasteiger partial charge on any atom is -0.225 e. The molecule has 78 heavy (non-hydrogen) atoms. The molecule has 7 heteroatoms. The number of thiophene rings is 2. The van der Waals surface area contributed by atoms with Crippen molar-refractivity contribution in [3.63, 3.8) is 0 Å². The smallest absolute Gasteiger partial charge is 0.201 e. The van der Waals surface area contributed by atoms with Crippen LogP contribution in [0.1, 0.15) is 214 Å². The van der Waals surface area contributed by atoms with Crippen LogP contribution >= 0.6 is 22.7 Å². The van der Waals surface area contributed by atoms with Crippen molar-refractivity contribution >= 4 is 32.1 Å². The molecule has 0 N–H and O–H groups in total. The molecule has 0 atom stereocenters. The van der Waals surface area contributed by atoms with Gasteiger partial charge in [0.2, 0.25) is 5.82 Å². The molecule has 0 aliphatic heterocycles. The van der Waals surface area contributed by atoms with E-state index < -0.39 is 0 Å². The monoisotopic (exact) mass is 1080 g/mol. The van der Waals surface area contributed by atoms with Crippen molar-refractivity contribution in [1.29, 1.82) is 0 Å². The molecule has 0 aliphatic rings. The molecule has 0 saturated heterocycles. The number of fused-ring (bicyclic) bond motifs is 1. The predicted octanol–water partition coefficient (Wildman–Crippen LogP) is 22.2. The molecule has 0 bridgehead atoms. The van der Waals surface area contributed by atoms with Gasteiger partial charge >= 0.3 is 0 Å². The van der Waals surface area contributed by atoms with Crippen molar-refractivity contribution < 1.29 is 0 Å². The normalized spacial score (nSPS) is 11.6. The van der Waals surface area contributed by atoms with Crippen LogP contribution in [0.4, 0.5) is 0 Å². The first-order valence-corrected chi connectivity index (χ1v) is 32.5. The van der Waals surface area contributed by atoms with E-state index in [2.05, 4.69) is 133 Å². The second-order valence-corrected chi connectivity index (χ2v) is 24.7. The second-order valence-electron chi connectivity index (χ2n) is 22.4. The summed E-state index contributed by atoms with van der Waals surface area (Å²) < 4.78 is 2.80. The number of hydrogen-bond acceptors (Lipinski definition) is 7. The first-order valence-electron chi connectivity index (χ1n) is 30.9. The minimum absolute atomic E-state index is 0.498. The average Bonchev–Trinajstić information content (AvgIpc) is 4.07. The highest BCUT2D eigenvalue weighted by atomic mass is 32.1. The fourth-order valence-corrected chi connectivity index (χ4v) is 13.7. The van der Waals surface area contributed by atoms with Gasteiger partial charge in [0.15, 0.2) is 17.5 Å². The van der Waals surface area contributed by atoms with Gasteiger partial charge in [0.1, 0.15) is 0 Å². The Bertz CT molecular complexity index is 2970. The van der Waals surface area contributed by atoms with E-state index in [9.17, 15) is 0 Å². The molecule has 8 aromatic rings. The summed E-state index contributed by atoms with van der Waals surface area (Å²) >= 11 is 3.89. The minimum atomic E-state index is 0.498. The molecule has 0 amide bonds. The summed E-state index contributed by atoms with van der Waals surface area (Å²) in [6.07, 6.45) is 34.5. The highest BCUT2D eigenvalue weighted by Gasteiger charge is 2.23. The first-order chi connectivity index (χ1) is 38.3. The topological polar surface area (TPSA) is 64.5 Å². The third kappa shape index (κ3) is 16.8. The zero-order valence-corrected chi connectivity index (χ0v) is 50.3. The lowest BCUT2D eigenvalue weighted by Crippen LogP contribution is -2.06. The molecule has 0 aliphatic carbocycles. The predicted molar refractivity (Wildman–Crippen MR) is 339 cm³/mol. The van der Waals surface area contributed by atoms with Gasteiger partial charge in [0.05, 0.1) is 11.4 Å². The molecule has 0 fully saturated rings. The van der Waals surface area contributed by atoms with Crippen LogP contribution in [0.25, 0.3) is 76.8 Å². The van der Waals surface area contributed by atoms with Crippen LogP contribution in [0.3, 0.4) is 0 Å². The van der Waals surface area contributed by atoms with Crippen LogP contribution in [0.15, 0.2) is 103 Å². The summed E-state index contributed by atoms with van der Waals surface area (Å²) in [7, 11) is 0. The van der Waals surface area contributed by atoms with Crippen molar-refractivity contribution in [2.45, 2.75) is 221 Å². The van der Waals surface area contributed by atoms with Crippen molar-refractivity contribution in [2.24, 2.45) is 0 Å². The molecular weight excluding hydrogens is 987 g/mol.